The molecule has 1 fully saturated rings. The van der Waals surface area contributed by atoms with Crippen LogP contribution in [0.25, 0.3) is 0 Å². The molecule has 0 unspecified atom stereocenters. The first-order valence-electron chi connectivity index (χ1n) is 4.72. The Bertz CT molecular complexity index is 240. The highest BCUT2D eigenvalue weighted by Crippen LogP contribution is 2.12. The lowest BCUT2D eigenvalue weighted by atomic mass is 10.3. The van der Waals surface area contributed by atoms with Gasteiger partial charge in [-0.05, 0) is 12.1 Å². The molecule has 1 aromatic rings. The third-order valence-electron chi connectivity index (χ3n) is 2.26. The summed E-state index contributed by atoms with van der Waals surface area (Å²) in [6.45, 7) is 4.12. The van der Waals surface area contributed by atoms with Crippen LogP contribution in [0.1, 0.15) is 0 Å². The molecule has 0 aliphatic carbocycles. The van der Waals surface area contributed by atoms with E-state index < -0.39 is 0 Å². The van der Waals surface area contributed by atoms with Crippen LogP contribution < -0.4 is 15.8 Å². The van der Waals surface area contributed by atoms with Crippen LogP contribution in [-0.4, -0.2) is 26.2 Å². The second kappa shape index (κ2) is 4.25. The summed E-state index contributed by atoms with van der Waals surface area (Å²) < 4.78 is 0. The fourth-order valence-electron chi connectivity index (χ4n) is 1.57. The van der Waals surface area contributed by atoms with Gasteiger partial charge in [0.15, 0.2) is 0 Å². The predicted molar refractivity (Wildman–Crippen MR) is 54.7 cm³/mol. The molecule has 0 spiro atoms. The van der Waals surface area contributed by atoms with Crippen LogP contribution in [0.15, 0.2) is 30.3 Å². The zero-order valence-corrected chi connectivity index (χ0v) is 7.66. The summed E-state index contributed by atoms with van der Waals surface area (Å²) in [5.41, 5.74) is 7.62. The zero-order valence-electron chi connectivity index (χ0n) is 7.66. The van der Waals surface area contributed by atoms with Crippen LogP contribution in [0, 0.1) is 0 Å². The highest BCUT2D eigenvalue weighted by molar-refractivity contribution is 5.46. The number of hydrogen-bond acceptors (Lipinski definition) is 3. The summed E-state index contributed by atoms with van der Waals surface area (Å²) in [5.74, 6) is 0. The quantitative estimate of drug-likeness (QED) is 0.658. The Balaban J connectivity index is 2.06. The summed E-state index contributed by atoms with van der Waals surface area (Å²) in [5, 5.41) is 0. The van der Waals surface area contributed by atoms with Crippen molar-refractivity contribution in [2.75, 3.05) is 31.1 Å². The fourth-order valence-corrected chi connectivity index (χ4v) is 1.57. The Morgan fingerprint density at radius 1 is 0.923 bits per heavy atom. The van der Waals surface area contributed by atoms with Crippen LogP contribution in [0.5, 0.6) is 0 Å². The molecule has 13 heavy (non-hydrogen) atoms. The lowest BCUT2D eigenvalue weighted by Crippen LogP contribution is -2.32. The third kappa shape index (κ3) is 2.20. The average Bonchev–Trinajstić information content (AvgIpc) is 2.47. The number of benzene rings is 1. The summed E-state index contributed by atoms with van der Waals surface area (Å²) in [6.07, 6.45) is 0. The van der Waals surface area contributed by atoms with Gasteiger partial charge in [-0.1, -0.05) is 18.2 Å². The first-order chi connectivity index (χ1) is 6.47. The van der Waals surface area contributed by atoms with Crippen molar-refractivity contribution in [1.29, 1.82) is 0 Å². The van der Waals surface area contributed by atoms with E-state index in [2.05, 4.69) is 46.1 Å². The number of anilines is 1. The van der Waals surface area contributed by atoms with Gasteiger partial charge in [-0.15, -0.1) is 0 Å². The number of para-hydroxylation sites is 1. The van der Waals surface area contributed by atoms with Gasteiger partial charge in [0, 0.05) is 31.9 Å². The first-order valence-corrected chi connectivity index (χ1v) is 4.72. The first kappa shape index (κ1) is 8.53. The van der Waals surface area contributed by atoms with E-state index in [1.165, 1.54) is 5.69 Å². The molecule has 3 heteroatoms. The molecule has 2 rings (SSSR count). The molecular weight excluding hydrogens is 162 g/mol. The van der Waals surface area contributed by atoms with Crippen molar-refractivity contribution in [1.82, 2.24) is 10.9 Å². The van der Waals surface area contributed by atoms with E-state index in [-0.39, 0.29) is 0 Å². The number of nitrogens with zero attached hydrogens (tertiary/aromatic N) is 1. The van der Waals surface area contributed by atoms with Gasteiger partial charge in [0.05, 0.1) is 0 Å². The van der Waals surface area contributed by atoms with Crippen LogP contribution >= 0.6 is 0 Å². The van der Waals surface area contributed by atoms with Crippen molar-refractivity contribution in [3.8, 4) is 0 Å². The Morgan fingerprint density at radius 2 is 1.54 bits per heavy atom. The van der Waals surface area contributed by atoms with Gasteiger partial charge in [-0.25, -0.2) is 0 Å². The molecule has 0 radical (unpaired) electrons. The van der Waals surface area contributed by atoms with Crippen LogP contribution in [0.4, 0.5) is 5.69 Å². The topological polar surface area (TPSA) is 27.3 Å². The monoisotopic (exact) mass is 177 g/mol. The molecule has 0 atom stereocenters. The molecule has 1 aliphatic rings. The van der Waals surface area contributed by atoms with Crippen molar-refractivity contribution in [2.24, 2.45) is 0 Å². The van der Waals surface area contributed by atoms with Gasteiger partial charge >= 0.3 is 0 Å². The van der Waals surface area contributed by atoms with Gasteiger partial charge in [0.25, 0.3) is 0 Å². The molecule has 70 valence electrons. The zero-order chi connectivity index (χ0) is 8.93. The molecule has 1 heterocycles. The smallest absolute Gasteiger partial charge is 0.0367 e. The Kier molecular flexibility index (Phi) is 2.79. The van der Waals surface area contributed by atoms with Gasteiger partial charge in [0.2, 0.25) is 0 Å². The van der Waals surface area contributed by atoms with E-state index in [1.807, 2.05) is 0 Å². The minimum Gasteiger partial charge on any atom is -0.369 e. The van der Waals surface area contributed by atoms with Crippen molar-refractivity contribution >= 4 is 5.69 Å². The molecule has 1 aliphatic heterocycles. The molecule has 0 amide bonds. The molecule has 0 bridgehead atoms. The number of hydrazine groups is 1. The minimum atomic E-state index is 0.995. The molecule has 3 nitrogen and oxygen atoms in total. The van der Waals surface area contributed by atoms with Crippen LogP contribution in [0.2, 0.25) is 0 Å². The summed E-state index contributed by atoms with van der Waals surface area (Å²) in [7, 11) is 0. The van der Waals surface area contributed by atoms with Crippen molar-refractivity contribution in [3.05, 3.63) is 30.3 Å². The Hall–Kier alpha value is -1.06. The van der Waals surface area contributed by atoms with Gasteiger partial charge in [-0.3, -0.25) is 10.9 Å². The lowest BCUT2D eigenvalue weighted by molar-refractivity contribution is 0.587. The van der Waals surface area contributed by atoms with Crippen molar-refractivity contribution < 1.29 is 0 Å². The normalized spacial score (nSPS) is 18.3. The van der Waals surface area contributed by atoms with E-state index in [4.69, 9.17) is 0 Å². The van der Waals surface area contributed by atoms with Crippen LogP contribution in [0.3, 0.4) is 0 Å². The highest BCUT2D eigenvalue weighted by Gasteiger charge is 2.07. The SMILES string of the molecule is c1ccc(N2CCNNCC2)cc1. The van der Waals surface area contributed by atoms with Gasteiger partial charge in [0.1, 0.15) is 0 Å². The predicted octanol–water partition coefficient (Wildman–Crippen LogP) is 0.601. The van der Waals surface area contributed by atoms with Crippen LogP contribution in [-0.2, 0) is 0 Å². The molecule has 1 aromatic carbocycles. The van der Waals surface area contributed by atoms with E-state index in [0.717, 1.165) is 26.2 Å². The van der Waals surface area contributed by atoms with Crippen molar-refractivity contribution in [2.45, 2.75) is 0 Å². The fraction of sp³-hybridized carbons (Fsp3) is 0.400. The maximum Gasteiger partial charge on any atom is 0.0367 e. The maximum atomic E-state index is 3.16. The minimum absolute atomic E-state index is 0.995. The largest absolute Gasteiger partial charge is 0.369 e. The summed E-state index contributed by atoms with van der Waals surface area (Å²) in [6, 6.07) is 10.5. The molecule has 0 aromatic heterocycles. The Morgan fingerprint density at radius 3 is 2.15 bits per heavy atom. The second-order valence-electron chi connectivity index (χ2n) is 3.18. The molecule has 1 saturated heterocycles. The number of hydrogen-bond donors (Lipinski definition) is 2. The third-order valence-corrected chi connectivity index (χ3v) is 2.26. The van der Waals surface area contributed by atoms with E-state index in [1.54, 1.807) is 0 Å². The Labute approximate surface area is 78.7 Å². The molecule has 0 saturated carbocycles. The second-order valence-corrected chi connectivity index (χ2v) is 3.18. The van der Waals surface area contributed by atoms with E-state index in [0.29, 0.717) is 0 Å². The van der Waals surface area contributed by atoms with Crippen molar-refractivity contribution in [3.63, 3.8) is 0 Å². The van der Waals surface area contributed by atoms with E-state index >= 15 is 0 Å². The highest BCUT2D eigenvalue weighted by atomic mass is 15.4. The maximum absolute atomic E-state index is 3.16. The average molecular weight is 177 g/mol. The number of rotatable bonds is 1. The van der Waals surface area contributed by atoms with Gasteiger partial charge < -0.3 is 4.90 Å². The van der Waals surface area contributed by atoms with E-state index in [9.17, 15) is 0 Å². The lowest BCUT2D eigenvalue weighted by Gasteiger charge is -2.21. The number of nitrogens with one attached hydrogen (secondary N) is 2. The molecule has 2 N–H and O–H groups in total. The standard InChI is InChI=1S/C10H15N3/c1-2-4-10(5-3-1)13-8-6-11-12-7-9-13/h1-5,11-12H,6-9H2. The van der Waals surface area contributed by atoms with Gasteiger partial charge in [-0.2, -0.15) is 0 Å². The summed E-state index contributed by atoms with van der Waals surface area (Å²) in [4.78, 5) is 2.38. The molecular formula is C10H15N3. The summed E-state index contributed by atoms with van der Waals surface area (Å²) >= 11 is 0.